The average molecular weight is 263 g/mol. The van der Waals surface area contributed by atoms with Crippen molar-refractivity contribution in [2.75, 3.05) is 17.3 Å². The van der Waals surface area contributed by atoms with Crippen molar-refractivity contribution in [1.82, 2.24) is 20.2 Å². The lowest BCUT2D eigenvalue weighted by Gasteiger charge is -2.28. The number of aromatic nitrogens is 4. The molecule has 2 atom stereocenters. The van der Waals surface area contributed by atoms with Crippen LogP contribution in [-0.2, 0) is 4.74 Å². The third-order valence-electron chi connectivity index (χ3n) is 3.26. The number of anilines is 2. The number of hydrazine groups is 1. The summed E-state index contributed by atoms with van der Waals surface area (Å²) in [7, 11) is 0. The minimum absolute atomic E-state index is 0.264. The Morgan fingerprint density at radius 1 is 1.47 bits per heavy atom. The fraction of sp³-hybridized carbons (Fsp3) is 0.545. The lowest BCUT2D eigenvalue weighted by atomic mass is 10.0. The fourth-order valence-electron chi connectivity index (χ4n) is 2.33. The van der Waals surface area contributed by atoms with E-state index >= 15 is 0 Å². The Morgan fingerprint density at radius 3 is 3.16 bits per heavy atom. The van der Waals surface area contributed by atoms with Crippen molar-refractivity contribution >= 4 is 22.8 Å². The van der Waals surface area contributed by atoms with E-state index in [0.717, 1.165) is 30.7 Å². The van der Waals surface area contributed by atoms with Crippen LogP contribution in [0.1, 0.15) is 19.8 Å². The van der Waals surface area contributed by atoms with Crippen molar-refractivity contribution < 1.29 is 4.74 Å². The number of aromatic amines is 1. The zero-order chi connectivity index (χ0) is 13.2. The topological polar surface area (TPSA) is 114 Å². The summed E-state index contributed by atoms with van der Waals surface area (Å²) in [4.78, 5) is 8.54. The summed E-state index contributed by atoms with van der Waals surface area (Å²) in [6, 6.07) is 0.336. The molecule has 3 heterocycles. The molecule has 8 heteroatoms. The molecule has 0 spiro atoms. The molecule has 0 radical (unpaired) electrons. The molecular weight excluding hydrogens is 246 g/mol. The molecule has 1 saturated heterocycles. The van der Waals surface area contributed by atoms with Gasteiger partial charge in [-0.15, -0.1) is 0 Å². The highest BCUT2D eigenvalue weighted by Gasteiger charge is 2.21. The third-order valence-corrected chi connectivity index (χ3v) is 3.26. The third kappa shape index (κ3) is 2.45. The molecule has 102 valence electrons. The number of hydrogen-bond acceptors (Lipinski definition) is 7. The van der Waals surface area contributed by atoms with Crippen LogP contribution < -0.4 is 16.6 Å². The normalized spacial score (nSPS) is 23.5. The Morgan fingerprint density at radius 2 is 2.37 bits per heavy atom. The van der Waals surface area contributed by atoms with Gasteiger partial charge in [0.15, 0.2) is 5.65 Å². The number of nitrogen functional groups attached to an aromatic ring is 1. The van der Waals surface area contributed by atoms with E-state index in [1.165, 1.54) is 0 Å². The number of rotatable bonds is 3. The maximum Gasteiger partial charge on any atom is 0.241 e. The summed E-state index contributed by atoms with van der Waals surface area (Å²) in [5.41, 5.74) is 3.12. The molecular formula is C11H17N7O. The smallest absolute Gasteiger partial charge is 0.241 e. The van der Waals surface area contributed by atoms with E-state index < -0.39 is 0 Å². The molecule has 0 saturated carbocycles. The number of ether oxygens (including phenoxy) is 1. The molecule has 2 aromatic heterocycles. The molecule has 1 aliphatic rings. The summed E-state index contributed by atoms with van der Waals surface area (Å²) in [6.07, 6.45) is 3.88. The predicted octanol–water partition coefficient (Wildman–Crippen LogP) is 0.618. The second-order valence-corrected chi connectivity index (χ2v) is 4.72. The van der Waals surface area contributed by atoms with Crippen LogP contribution >= 0.6 is 0 Å². The second kappa shape index (κ2) is 4.98. The fourth-order valence-corrected chi connectivity index (χ4v) is 2.33. The Bertz CT molecular complexity index is 569. The molecule has 2 aromatic rings. The van der Waals surface area contributed by atoms with Crippen LogP contribution in [0.5, 0.6) is 0 Å². The average Bonchev–Trinajstić information content (AvgIpc) is 2.87. The van der Waals surface area contributed by atoms with Gasteiger partial charge in [0, 0.05) is 12.6 Å². The highest BCUT2D eigenvalue weighted by Crippen LogP contribution is 2.23. The van der Waals surface area contributed by atoms with Gasteiger partial charge in [0.25, 0.3) is 0 Å². The molecule has 0 aromatic carbocycles. The molecule has 1 aliphatic heterocycles. The van der Waals surface area contributed by atoms with Crippen molar-refractivity contribution in [3.05, 3.63) is 6.20 Å². The van der Waals surface area contributed by atoms with Crippen LogP contribution in [0.3, 0.4) is 0 Å². The first-order valence-corrected chi connectivity index (χ1v) is 6.32. The molecule has 0 aliphatic carbocycles. The summed E-state index contributed by atoms with van der Waals surface area (Å²) in [6.45, 7) is 2.84. The Kier molecular flexibility index (Phi) is 3.18. The quantitative estimate of drug-likeness (QED) is 0.474. The van der Waals surface area contributed by atoms with E-state index in [9.17, 15) is 0 Å². The standard InChI is InChI=1S/C11H17N7O/c1-6-4-7(2-3-19-6)14-9-8-5-13-18-10(8)16-11(15-9)17-12/h5-7H,2-4,12H2,1H3,(H3,13,14,15,16,17,18). The van der Waals surface area contributed by atoms with Crippen molar-refractivity contribution in [2.24, 2.45) is 5.84 Å². The summed E-state index contributed by atoms with van der Waals surface area (Å²) < 4.78 is 5.54. The van der Waals surface area contributed by atoms with Crippen molar-refractivity contribution in [3.8, 4) is 0 Å². The van der Waals surface area contributed by atoms with Crippen LogP contribution in [0.4, 0.5) is 11.8 Å². The lowest BCUT2D eigenvalue weighted by molar-refractivity contribution is 0.0232. The summed E-state index contributed by atoms with van der Waals surface area (Å²) in [5.74, 6) is 6.48. The number of nitrogens with zero attached hydrogens (tertiary/aromatic N) is 3. The van der Waals surface area contributed by atoms with Gasteiger partial charge in [0.05, 0.1) is 17.7 Å². The number of hydrogen-bond donors (Lipinski definition) is 4. The molecule has 0 bridgehead atoms. The van der Waals surface area contributed by atoms with Crippen LogP contribution in [-0.4, -0.2) is 38.9 Å². The van der Waals surface area contributed by atoms with Crippen LogP contribution in [0, 0.1) is 0 Å². The van der Waals surface area contributed by atoms with Crippen LogP contribution in [0.2, 0.25) is 0 Å². The first-order chi connectivity index (χ1) is 9.26. The molecule has 0 amide bonds. The molecule has 19 heavy (non-hydrogen) atoms. The number of fused-ring (bicyclic) bond motifs is 1. The van der Waals surface area contributed by atoms with Gasteiger partial charge in [-0.2, -0.15) is 15.1 Å². The van der Waals surface area contributed by atoms with Crippen molar-refractivity contribution in [1.29, 1.82) is 0 Å². The second-order valence-electron chi connectivity index (χ2n) is 4.72. The molecule has 1 fully saturated rings. The van der Waals surface area contributed by atoms with E-state index in [0.29, 0.717) is 17.6 Å². The molecule has 3 rings (SSSR count). The first kappa shape index (κ1) is 12.1. The van der Waals surface area contributed by atoms with E-state index in [1.807, 2.05) is 0 Å². The summed E-state index contributed by atoms with van der Waals surface area (Å²) in [5, 5.41) is 11.1. The highest BCUT2D eigenvalue weighted by molar-refractivity contribution is 5.87. The molecule has 8 nitrogen and oxygen atoms in total. The predicted molar refractivity (Wildman–Crippen MR) is 71.6 cm³/mol. The first-order valence-electron chi connectivity index (χ1n) is 6.32. The highest BCUT2D eigenvalue weighted by atomic mass is 16.5. The Balaban J connectivity index is 1.88. The maximum atomic E-state index is 5.54. The molecule has 2 unspecified atom stereocenters. The Hall–Kier alpha value is -1.93. The Labute approximate surface area is 110 Å². The van der Waals surface area contributed by atoms with E-state index in [1.54, 1.807) is 6.20 Å². The largest absolute Gasteiger partial charge is 0.378 e. The zero-order valence-corrected chi connectivity index (χ0v) is 10.7. The van der Waals surface area contributed by atoms with Gasteiger partial charge in [-0.05, 0) is 19.8 Å². The van der Waals surface area contributed by atoms with Crippen molar-refractivity contribution in [2.45, 2.75) is 31.9 Å². The van der Waals surface area contributed by atoms with E-state index in [-0.39, 0.29) is 6.10 Å². The van der Waals surface area contributed by atoms with Gasteiger partial charge < -0.3 is 10.1 Å². The maximum absolute atomic E-state index is 5.54. The minimum atomic E-state index is 0.264. The van der Waals surface area contributed by atoms with Crippen LogP contribution in [0.25, 0.3) is 11.0 Å². The van der Waals surface area contributed by atoms with E-state index in [4.69, 9.17) is 10.6 Å². The number of H-pyrrole nitrogens is 1. The van der Waals surface area contributed by atoms with Gasteiger partial charge in [-0.1, -0.05) is 0 Å². The van der Waals surface area contributed by atoms with Crippen LogP contribution in [0.15, 0.2) is 6.20 Å². The minimum Gasteiger partial charge on any atom is -0.378 e. The number of nitrogens with one attached hydrogen (secondary N) is 3. The van der Waals surface area contributed by atoms with Crippen molar-refractivity contribution in [3.63, 3.8) is 0 Å². The van der Waals surface area contributed by atoms with Gasteiger partial charge >= 0.3 is 0 Å². The van der Waals surface area contributed by atoms with Gasteiger partial charge in [0.1, 0.15) is 5.82 Å². The van der Waals surface area contributed by atoms with Gasteiger partial charge in [-0.3, -0.25) is 10.5 Å². The SMILES string of the molecule is CC1CC(Nc2nc(NN)nc3[nH]ncc23)CCO1. The van der Waals surface area contributed by atoms with Gasteiger partial charge in [0.2, 0.25) is 5.95 Å². The zero-order valence-electron chi connectivity index (χ0n) is 10.7. The molecule has 5 N–H and O–H groups in total. The van der Waals surface area contributed by atoms with E-state index in [2.05, 4.69) is 37.8 Å². The number of nitrogens with two attached hydrogens (primary N) is 1. The van der Waals surface area contributed by atoms with Gasteiger partial charge in [-0.25, -0.2) is 5.84 Å². The monoisotopic (exact) mass is 263 g/mol. The summed E-state index contributed by atoms with van der Waals surface area (Å²) >= 11 is 0. The lowest BCUT2D eigenvalue weighted by Crippen LogP contribution is -2.33.